The van der Waals surface area contributed by atoms with E-state index < -0.39 is 0 Å². The first-order chi connectivity index (χ1) is 8.22. The van der Waals surface area contributed by atoms with Gasteiger partial charge >= 0.3 is 0 Å². The first-order valence-corrected chi connectivity index (χ1v) is 5.24. The Morgan fingerprint density at radius 1 is 1.18 bits per heavy atom. The number of ether oxygens (including phenoxy) is 1. The molecule has 0 radical (unpaired) electrons. The highest BCUT2D eigenvalue weighted by atomic mass is 16.5. The van der Waals surface area contributed by atoms with Crippen LogP contribution in [0.2, 0.25) is 0 Å². The highest BCUT2D eigenvalue weighted by Crippen LogP contribution is 2.20. The summed E-state index contributed by atoms with van der Waals surface area (Å²) < 4.78 is 4.96. The molecule has 1 unspecified atom stereocenters. The van der Waals surface area contributed by atoms with Gasteiger partial charge < -0.3 is 10.5 Å². The largest absolute Gasteiger partial charge is 0.480 e. The van der Waals surface area contributed by atoms with Gasteiger partial charge in [-0.15, -0.1) is 10.2 Å². The number of quaternary nitrogens is 1. The van der Waals surface area contributed by atoms with E-state index in [1.807, 2.05) is 13.0 Å². The molecule has 0 amide bonds. The van der Waals surface area contributed by atoms with E-state index >= 15 is 0 Å². The summed E-state index contributed by atoms with van der Waals surface area (Å²) in [5.41, 5.74) is 6.15. The van der Waals surface area contributed by atoms with Crippen molar-refractivity contribution in [2.45, 2.75) is 13.0 Å². The van der Waals surface area contributed by atoms with Crippen molar-refractivity contribution < 1.29 is 10.5 Å². The predicted molar refractivity (Wildman–Crippen MR) is 60.9 cm³/mol. The molecule has 6 heteroatoms. The van der Waals surface area contributed by atoms with Crippen LogP contribution in [0.25, 0.3) is 11.4 Å². The lowest BCUT2D eigenvalue weighted by Crippen LogP contribution is -2.52. The van der Waals surface area contributed by atoms with Crippen molar-refractivity contribution in [1.29, 1.82) is 0 Å². The van der Waals surface area contributed by atoms with E-state index in [0.717, 1.165) is 5.69 Å². The third kappa shape index (κ3) is 2.36. The van der Waals surface area contributed by atoms with Crippen LogP contribution in [0.3, 0.4) is 0 Å². The van der Waals surface area contributed by atoms with E-state index in [0.29, 0.717) is 17.3 Å². The standard InChI is InChI=1S/C11H13N5O/c1-7(12)10-11(14-6-5-13-10)8-3-4-9(17-2)16-15-8/h3-7H,12H2,1-2H3/p+1. The second-order valence-electron chi connectivity index (χ2n) is 3.65. The second kappa shape index (κ2) is 4.84. The van der Waals surface area contributed by atoms with Gasteiger partial charge in [0.25, 0.3) is 0 Å². The maximum atomic E-state index is 4.96. The van der Waals surface area contributed by atoms with E-state index in [2.05, 4.69) is 25.9 Å². The monoisotopic (exact) mass is 232 g/mol. The van der Waals surface area contributed by atoms with Gasteiger partial charge in [-0.25, -0.2) is 0 Å². The summed E-state index contributed by atoms with van der Waals surface area (Å²) in [6, 6.07) is 3.60. The van der Waals surface area contributed by atoms with Crippen LogP contribution in [0.4, 0.5) is 0 Å². The first-order valence-electron chi connectivity index (χ1n) is 5.24. The van der Waals surface area contributed by atoms with E-state index in [9.17, 15) is 0 Å². The summed E-state index contributed by atoms with van der Waals surface area (Å²) in [6.07, 6.45) is 3.28. The Bertz CT molecular complexity index is 497. The summed E-state index contributed by atoms with van der Waals surface area (Å²) in [5, 5.41) is 7.97. The molecule has 0 saturated heterocycles. The van der Waals surface area contributed by atoms with Crippen molar-refractivity contribution in [2.24, 2.45) is 0 Å². The fraction of sp³-hybridized carbons (Fsp3) is 0.273. The average Bonchev–Trinajstić information content (AvgIpc) is 2.39. The quantitative estimate of drug-likeness (QED) is 0.819. The minimum absolute atomic E-state index is 0.0441. The molecule has 2 heterocycles. The van der Waals surface area contributed by atoms with Gasteiger partial charge in [-0.1, -0.05) is 0 Å². The smallest absolute Gasteiger partial charge is 0.233 e. The van der Waals surface area contributed by atoms with Gasteiger partial charge in [-0.3, -0.25) is 9.97 Å². The van der Waals surface area contributed by atoms with Gasteiger partial charge in [0, 0.05) is 18.5 Å². The minimum Gasteiger partial charge on any atom is -0.480 e. The minimum atomic E-state index is 0.0441. The molecule has 0 aliphatic carbocycles. The number of rotatable bonds is 3. The van der Waals surface area contributed by atoms with Crippen LogP contribution < -0.4 is 10.5 Å². The Hall–Kier alpha value is -2.08. The topological polar surface area (TPSA) is 88.4 Å². The van der Waals surface area contributed by atoms with Crippen molar-refractivity contribution in [3.05, 3.63) is 30.2 Å². The van der Waals surface area contributed by atoms with Gasteiger partial charge in [-0.05, 0) is 13.0 Å². The number of hydrogen-bond donors (Lipinski definition) is 1. The normalized spacial score (nSPS) is 12.2. The molecule has 0 aliphatic heterocycles. The van der Waals surface area contributed by atoms with Crippen molar-refractivity contribution in [3.63, 3.8) is 0 Å². The molecule has 88 valence electrons. The maximum Gasteiger partial charge on any atom is 0.233 e. The van der Waals surface area contributed by atoms with E-state index in [-0.39, 0.29) is 6.04 Å². The van der Waals surface area contributed by atoms with Gasteiger partial charge in [0.15, 0.2) is 0 Å². The summed E-state index contributed by atoms with van der Waals surface area (Å²) in [4.78, 5) is 8.55. The SMILES string of the molecule is COc1ccc(-c2nccnc2C(C)[NH3+])nn1. The molecule has 0 aliphatic rings. The van der Waals surface area contributed by atoms with Crippen LogP contribution in [0.1, 0.15) is 18.7 Å². The third-order valence-corrected chi connectivity index (χ3v) is 2.29. The molecule has 0 fully saturated rings. The Morgan fingerprint density at radius 3 is 2.53 bits per heavy atom. The zero-order valence-electron chi connectivity index (χ0n) is 9.79. The lowest BCUT2D eigenvalue weighted by atomic mass is 10.1. The lowest BCUT2D eigenvalue weighted by Gasteiger charge is -2.07. The number of nitrogens with zero attached hydrogens (tertiary/aromatic N) is 4. The highest BCUT2D eigenvalue weighted by molar-refractivity contribution is 5.56. The highest BCUT2D eigenvalue weighted by Gasteiger charge is 2.15. The van der Waals surface area contributed by atoms with Crippen LogP contribution in [-0.2, 0) is 0 Å². The zero-order valence-corrected chi connectivity index (χ0v) is 9.79. The van der Waals surface area contributed by atoms with E-state index in [1.54, 1.807) is 25.6 Å². The van der Waals surface area contributed by atoms with Crippen molar-refractivity contribution in [1.82, 2.24) is 20.2 Å². The number of aromatic nitrogens is 4. The fourth-order valence-corrected chi connectivity index (χ4v) is 1.46. The Kier molecular flexibility index (Phi) is 3.24. The van der Waals surface area contributed by atoms with Gasteiger partial charge in [0.1, 0.15) is 23.1 Å². The summed E-state index contributed by atoms with van der Waals surface area (Å²) >= 11 is 0. The fourth-order valence-electron chi connectivity index (χ4n) is 1.46. The Morgan fingerprint density at radius 2 is 1.94 bits per heavy atom. The van der Waals surface area contributed by atoms with E-state index in [1.165, 1.54) is 0 Å². The molecule has 2 aromatic heterocycles. The molecule has 3 N–H and O–H groups in total. The number of hydrogen-bond acceptors (Lipinski definition) is 5. The van der Waals surface area contributed by atoms with Crippen molar-refractivity contribution >= 4 is 0 Å². The van der Waals surface area contributed by atoms with E-state index in [4.69, 9.17) is 4.74 Å². The van der Waals surface area contributed by atoms with Crippen LogP contribution >= 0.6 is 0 Å². The molecule has 6 nitrogen and oxygen atoms in total. The maximum absolute atomic E-state index is 4.96. The van der Waals surface area contributed by atoms with Crippen LogP contribution in [0.5, 0.6) is 5.88 Å². The Labute approximate surface area is 98.9 Å². The molecule has 0 aromatic carbocycles. The Balaban J connectivity index is 2.45. The average molecular weight is 232 g/mol. The second-order valence-corrected chi connectivity index (χ2v) is 3.65. The molecule has 0 saturated carbocycles. The molecule has 17 heavy (non-hydrogen) atoms. The summed E-state index contributed by atoms with van der Waals surface area (Å²) in [7, 11) is 1.55. The van der Waals surface area contributed by atoms with Crippen molar-refractivity contribution in [2.75, 3.05) is 7.11 Å². The molecule has 0 spiro atoms. The number of methoxy groups -OCH3 is 1. The molecular weight excluding hydrogens is 218 g/mol. The third-order valence-electron chi connectivity index (χ3n) is 2.29. The molecule has 2 aromatic rings. The van der Waals surface area contributed by atoms with Gasteiger partial charge in [0.05, 0.1) is 7.11 Å². The molecule has 1 atom stereocenters. The lowest BCUT2D eigenvalue weighted by molar-refractivity contribution is -0.421. The van der Waals surface area contributed by atoms with Gasteiger partial charge in [0.2, 0.25) is 5.88 Å². The van der Waals surface area contributed by atoms with Crippen molar-refractivity contribution in [3.8, 4) is 17.3 Å². The van der Waals surface area contributed by atoms with Crippen LogP contribution in [0, 0.1) is 0 Å². The predicted octanol–water partition coefficient (Wildman–Crippen LogP) is 0.245. The zero-order chi connectivity index (χ0) is 12.3. The first kappa shape index (κ1) is 11.4. The molecule has 0 bridgehead atoms. The summed E-state index contributed by atoms with van der Waals surface area (Å²) in [6.45, 7) is 1.96. The van der Waals surface area contributed by atoms with Crippen LogP contribution in [0.15, 0.2) is 24.5 Å². The molecular formula is C11H14N5O+. The molecule has 2 rings (SSSR count). The summed E-state index contributed by atoms with van der Waals surface area (Å²) in [5.74, 6) is 0.474. The van der Waals surface area contributed by atoms with Gasteiger partial charge in [-0.2, -0.15) is 0 Å². The van der Waals surface area contributed by atoms with Crippen LogP contribution in [-0.4, -0.2) is 27.3 Å².